The summed E-state index contributed by atoms with van der Waals surface area (Å²) in [6.45, 7) is 0. The number of rotatable bonds is 2. The molecule has 1 atom stereocenters. The molecule has 2 heteroatoms. The van der Waals surface area contributed by atoms with Gasteiger partial charge in [-0.05, 0) is 11.6 Å². The SMILES string of the molecule is OC(c1ccccc1)c1cccc2c1oc1ccccc12. The van der Waals surface area contributed by atoms with Gasteiger partial charge < -0.3 is 9.52 Å². The van der Waals surface area contributed by atoms with E-state index in [0.29, 0.717) is 0 Å². The smallest absolute Gasteiger partial charge is 0.141 e. The van der Waals surface area contributed by atoms with Crippen LogP contribution in [0.4, 0.5) is 0 Å². The van der Waals surface area contributed by atoms with Gasteiger partial charge in [0.15, 0.2) is 0 Å². The number of hydrogen-bond acceptors (Lipinski definition) is 2. The van der Waals surface area contributed by atoms with Gasteiger partial charge in [-0.1, -0.05) is 66.7 Å². The Morgan fingerprint density at radius 3 is 2.29 bits per heavy atom. The Kier molecular flexibility index (Phi) is 2.76. The summed E-state index contributed by atoms with van der Waals surface area (Å²) in [5, 5.41) is 12.8. The van der Waals surface area contributed by atoms with Crippen LogP contribution in [-0.2, 0) is 0 Å². The first kappa shape index (κ1) is 12.2. The highest BCUT2D eigenvalue weighted by Crippen LogP contribution is 2.35. The van der Waals surface area contributed by atoms with E-state index in [1.54, 1.807) is 0 Å². The minimum atomic E-state index is -0.685. The molecule has 1 N–H and O–H groups in total. The number of aliphatic hydroxyl groups excluding tert-OH is 1. The summed E-state index contributed by atoms with van der Waals surface area (Å²) in [4.78, 5) is 0. The third-order valence-corrected chi connectivity index (χ3v) is 3.84. The molecule has 102 valence electrons. The molecule has 2 nitrogen and oxygen atoms in total. The summed E-state index contributed by atoms with van der Waals surface area (Å²) >= 11 is 0. The van der Waals surface area contributed by atoms with E-state index in [-0.39, 0.29) is 0 Å². The van der Waals surface area contributed by atoms with E-state index < -0.39 is 6.10 Å². The molecule has 4 rings (SSSR count). The topological polar surface area (TPSA) is 33.4 Å². The Morgan fingerprint density at radius 1 is 0.714 bits per heavy atom. The van der Waals surface area contributed by atoms with Gasteiger partial charge >= 0.3 is 0 Å². The van der Waals surface area contributed by atoms with Crippen molar-refractivity contribution in [1.82, 2.24) is 0 Å². The molecule has 0 radical (unpaired) electrons. The molecule has 4 aromatic rings. The van der Waals surface area contributed by atoms with Crippen LogP contribution in [0.25, 0.3) is 21.9 Å². The van der Waals surface area contributed by atoms with E-state index in [2.05, 4.69) is 0 Å². The molecule has 1 unspecified atom stereocenters. The lowest BCUT2D eigenvalue weighted by Gasteiger charge is -2.11. The van der Waals surface area contributed by atoms with Crippen molar-refractivity contribution >= 4 is 21.9 Å². The minimum absolute atomic E-state index is 0.685. The zero-order valence-corrected chi connectivity index (χ0v) is 11.4. The highest BCUT2D eigenvalue weighted by atomic mass is 16.3. The van der Waals surface area contributed by atoms with E-state index in [1.165, 1.54) is 0 Å². The standard InChI is InChI=1S/C19H14O2/c20-18(13-7-2-1-3-8-13)16-11-6-10-15-14-9-4-5-12-17(14)21-19(15)16/h1-12,18,20H. The predicted octanol–water partition coefficient (Wildman–Crippen LogP) is 4.67. The second-order valence-electron chi connectivity index (χ2n) is 5.14. The molecule has 0 aliphatic heterocycles. The third-order valence-electron chi connectivity index (χ3n) is 3.84. The van der Waals surface area contributed by atoms with Crippen LogP contribution in [0.15, 0.2) is 77.2 Å². The zero-order chi connectivity index (χ0) is 14.2. The molecular formula is C19H14O2. The largest absolute Gasteiger partial charge is 0.456 e. The number of aliphatic hydroxyl groups is 1. The van der Waals surface area contributed by atoms with Crippen molar-refractivity contribution in [2.45, 2.75) is 6.10 Å². The normalized spacial score (nSPS) is 12.8. The lowest BCUT2D eigenvalue weighted by Crippen LogP contribution is -1.99. The molecule has 21 heavy (non-hydrogen) atoms. The first-order valence-electron chi connectivity index (χ1n) is 6.98. The lowest BCUT2D eigenvalue weighted by molar-refractivity contribution is 0.220. The molecule has 0 aliphatic carbocycles. The van der Waals surface area contributed by atoms with Crippen molar-refractivity contribution in [3.05, 3.63) is 83.9 Å². The molecule has 0 fully saturated rings. The number of hydrogen-bond donors (Lipinski definition) is 1. The fourth-order valence-corrected chi connectivity index (χ4v) is 2.80. The maximum absolute atomic E-state index is 10.7. The van der Waals surface area contributed by atoms with Crippen molar-refractivity contribution in [3.63, 3.8) is 0 Å². The molecule has 0 bridgehead atoms. The summed E-state index contributed by atoms with van der Waals surface area (Å²) in [5.74, 6) is 0. The minimum Gasteiger partial charge on any atom is -0.456 e. The van der Waals surface area contributed by atoms with Crippen LogP contribution in [-0.4, -0.2) is 5.11 Å². The van der Waals surface area contributed by atoms with E-state index in [0.717, 1.165) is 33.1 Å². The van der Waals surface area contributed by atoms with Crippen molar-refractivity contribution in [3.8, 4) is 0 Å². The Labute approximate surface area is 122 Å². The lowest BCUT2D eigenvalue weighted by atomic mass is 9.99. The predicted molar refractivity (Wildman–Crippen MR) is 84.2 cm³/mol. The maximum Gasteiger partial charge on any atom is 0.141 e. The highest BCUT2D eigenvalue weighted by Gasteiger charge is 2.17. The van der Waals surface area contributed by atoms with Crippen LogP contribution < -0.4 is 0 Å². The second-order valence-corrected chi connectivity index (χ2v) is 5.14. The van der Waals surface area contributed by atoms with Gasteiger partial charge in [0.2, 0.25) is 0 Å². The number of furan rings is 1. The Hall–Kier alpha value is -2.58. The molecule has 1 aromatic heterocycles. The van der Waals surface area contributed by atoms with Crippen LogP contribution in [0, 0.1) is 0 Å². The van der Waals surface area contributed by atoms with Gasteiger partial charge in [-0.15, -0.1) is 0 Å². The van der Waals surface area contributed by atoms with Gasteiger partial charge in [-0.2, -0.15) is 0 Å². The third kappa shape index (κ3) is 1.92. The van der Waals surface area contributed by atoms with Gasteiger partial charge in [0, 0.05) is 16.3 Å². The van der Waals surface area contributed by atoms with Gasteiger partial charge in [-0.25, -0.2) is 0 Å². The summed E-state index contributed by atoms with van der Waals surface area (Å²) < 4.78 is 5.97. The molecule has 0 saturated carbocycles. The number of fused-ring (bicyclic) bond motifs is 3. The van der Waals surface area contributed by atoms with Crippen LogP contribution in [0.5, 0.6) is 0 Å². The van der Waals surface area contributed by atoms with Gasteiger partial charge in [0.05, 0.1) is 0 Å². The second kappa shape index (κ2) is 4.76. The van der Waals surface area contributed by atoms with E-state index in [9.17, 15) is 5.11 Å². The van der Waals surface area contributed by atoms with Gasteiger partial charge in [0.1, 0.15) is 17.3 Å². The van der Waals surface area contributed by atoms with E-state index in [4.69, 9.17) is 4.42 Å². The monoisotopic (exact) mass is 274 g/mol. The fourth-order valence-electron chi connectivity index (χ4n) is 2.80. The van der Waals surface area contributed by atoms with E-state index >= 15 is 0 Å². The average molecular weight is 274 g/mol. The summed E-state index contributed by atoms with van der Waals surface area (Å²) in [6, 6.07) is 23.5. The van der Waals surface area contributed by atoms with Crippen LogP contribution in [0.2, 0.25) is 0 Å². The molecule has 3 aromatic carbocycles. The van der Waals surface area contributed by atoms with Gasteiger partial charge in [0.25, 0.3) is 0 Å². The number of para-hydroxylation sites is 2. The van der Waals surface area contributed by atoms with Crippen LogP contribution >= 0.6 is 0 Å². The van der Waals surface area contributed by atoms with Crippen molar-refractivity contribution in [2.24, 2.45) is 0 Å². The van der Waals surface area contributed by atoms with Crippen molar-refractivity contribution in [1.29, 1.82) is 0 Å². The summed E-state index contributed by atoms with van der Waals surface area (Å²) in [6.07, 6.45) is -0.685. The molecular weight excluding hydrogens is 260 g/mol. The van der Waals surface area contributed by atoms with Crippen LogP contribution in [0.1, 0.15) is 17.2 Å². The maximum atomic E-state index is 10.7. The summed E-state index contributed by atoms with van der Waals surface area (Å²) in [5.41, 5.74) is 3.27. The Bertz CT molecular complexity index is 907. The Balaban J connectivity index is 1.97. The zero-order valence-electron chi connectivity index (χ0n) is 11.4. The quantitative estimate of drug-likeness (QED) is 0.576. The first-order valence-corrected chi connectivity index (χ1v) is 6.98. The molecule has 1 heterocycles. The molecule has 0 amide bonds. The number of benzene rings is 3. The fraction of sp³-hybridized carbons (Fsp3) is 0.0526. The van der Waals surface area contributed by atoms with Crippen molar-refractivity contribution in [2.75, 3.05) is 0 Å². The molecule has 0 saturated heterocycles. The van der Waals surface area contributed by atoms with Crippen LogP contribution in [0.3, 0.4) is 0 Å². The average Bonchev–Trinajstić information content (AvgIpc) is 2.94. The summed E-state index contributed by atoms with van der Waals surface area (Å²) in [7, 11) is 0. The molecule has 0 aliphatic rings. The van der Waals surface area contributed by atoms with Gasteiger partial charge in [-0.3, -0.25) is 0 Å². The molecule has 0 spiro atoms. The van der Waals surface area contributed by atoms with Crippen molar-refractivity contribution < 1.29 is 9.52 Å². The van der Waals surface area contributed by atoms with E-state index in [1.807, 2.05) is 72.8 Å². The highest BCUT2D eigenvalue weighted by molar-refractivity contribution is 6.05. The Morgan fingerprint density at radius 2 is 1.43 bits per heavy atom. The first-order chi connectivity index (χ1) is 10.3.